The summed E-state index contributed by atoms with van der Waals surface area (Å²) in [5.74, 6) is 0.297. The summed E-state index contributed by atoms with van der Waals surface area (Å²) in [6.45, 7) is 0.0726. The fraction of sp³-hybridized carbons (Fsp3) is 0.500. The number of hydrogen-bond donors (Lipinski definition) is 3. The van der Waals surface area contributed by atoms with E-state index in [9.17, 15) is 5.11 Å². The van der Waals surface area contributed by atoms with Crippen LogP contribution in [0.3, 0.4) is 0 Å². The molecule has 0 amide bonds. The first-order chi connectivity index (χ1) is 8.72. The Balaban J connectivity index is 2.03. The van der Waals surface area contributed by atoms with Crippen molar-refractivity contribution >= 4 is 17.0 Å². The summed E-state index contributed by atoms with van der Waals surface area (Å²) < 4.78 is 7.01. The van der Waals surface area contributed by atoms with E-state index in [1.807, 2.05) is 0 Å². The van der Waals surface area contributed by atoms with Crippen molar-refractivity contribution in [3.05, 3.63) is 12.7 Å². The van der Waals surface area contributed by atoms with Crippen LogP contribution in [0.2, 0.25) is 0 Å². The monoisotopic (exact) mass is 251 g/mol. The second-order valence-electron chi connectivity index (χ2n) is 4.20. The molecule has 2 aromatic rings. The summed E-state index contributed by atoms with van der Waals surface area (Å²) in [6.07, 6.45) is 1.52. The number of anilines is 1. The van der Waals surface area contributed by atoms with Crippen LogP contribution >= 0.6 is 0 Å². The van der Waals surface area contributed by atoms with E-state index < -0.39 is 12.2 Å². The van der Waals surface area contributed by atoms with Gasteiger partial charge in [-0.2, -0.15) is 0 Å². The van der Waals surface area contributed by atoms with Crippen LogP contribution < -0.4 is 5.73 Å². The molecule has 1 saturated heterocycles. The summed E-state index contributed by atoms with van der Waals surface area (Å²) in [7, 11) is 0. The van der Waals surface area contributed by atoms with Crippen LogP contribution in [0.4, 0.5) is 5.82 Å². The number of nitrogen functional groups attached to an aromatic ring is 1. The minimum absolute atomic E-state index is 0.221. The van der Waals surface area contributed by atoms with E-state index in [0.717, 1.165) is 0 Å². The van der Waals surface area contributed by atoms with Gasteiger partial charge in [0.2, 0.25) is 0 Å². The average molecular weight is 251 g/mol. The summed E-state index contributed by atoms with van der Waals surface area (Å²) in [5.41, 5.74) is 6.74. The largest absolute Gasteiger partial charge is 0.394 e. The maximum Gasteiger partial charge on any atom is 0.165 e. The van der Waals surface area contributed by atoms with Gasteiger partial charge in [-0.3, -0.25) is 0 Å². The summed E-state index contributed by atoms with van der Waals surface area (Å²) in [5, 5.41) is 19.1. The van der Waals surface area contributed by atoms with Crippen LogP contribution in [0.15, 0.2) is 12.7 Å². The number of nitrogens with zero attached hydrogens (tertiary/aromatic N) is 4. The van der Waals surface area contributed by atoms with Gasteiger partial charge in [-0.15, -0.1) is 0 Å². The zero-order valence-corrected chi connectivity index (χ0v) is 9.47. The molecule has 0 aliphatic carbocycles. The summed E-state index contributed by atoms with van der Waals surface area (Å²) in [4.78, 5) is 12.1. The van der Waals surface area contributed by atoms with Crippen LogP contribution in [0.5, 0.6) is 0 Å². The highest BCUT2D eigenvalue weighted by molar-refractivity contribution is 5.81. The Kier molecular flexibility index (Phi) is 2.62. The van der Waals surface area contributed by atoms with Gasteiger partial charge < -0.3 is 25.3 Å². The highest BCUT2D eigenvalue weighted by Crippen LogP contribution is 2.28. The number of aliphatic hydroxyl groups excluding tert-OH is 2. The van der Waals surface area contributed by atoms with Gasteiger partial charge in [-0.1, -0.05) is 0 Å². The molecule has 1 fully saturated rings. The minimum Gasteiger partial charge on any atom is -0.394 e. The van der Waals surface area contributed by atoms with Crippen LogP contribution in [0, 0.1) is 0 Å². The molecular weight excluding hydrogens is 238 g/mol. The molecule has 18 heavy (non-hydrogen) atoms. The maximum absolute atomic E-state index is 10.0. The highest BCUT2D eigenvalue weighted by atomic mass is 16.5. The Bertz CT molecular complexity index is 572. The maximum atomic E-state index is 10.0. The van der Waals surface area contributed by atoms with Gasteiger partial charge in [0.1, 0.15) is 24.1 Å². The molecule has 1 unspecified atom stereocenters. The van der Waals surface area contributed by atoms with E-state index in [-0.39, 0.29) is 12.6 Å². The number of rotatable bonds is 2. The molecule has 2 aromatic heterocycles. The average Bonchev–Trinajstić information content (AvgIpc) is 2.93. The van der Waals surface area contributed by atoms with E-state index in [1.165, 1.54) is 6.33 Å². The molecule has 8 heteroatoms. The fourth-order valence-corrected chi connectivity index (χ4v) is 2.19. The van der Waals surface area contributed by atoms with Crippen molar-refractivity contribution in [2.24, 2.45) is 0 Å². The lowest BCUT2D eigenvalue weighted by Crippen LogP contribution is -2.30. The van der Waals surface area contributed by atoms with Crippen molar-refractivity contribution in [2.45, 2.75) is 18.2 Å². The lowest BCUT2D eigenvalue weighted by atomic mass is 10.1. The van der Waals surface area contributed by atoms with Gasteiger partial charge in [0, 0.05) is 0 Å². The van der Waals surface area contributed by atoms with Crippen molar-refractivity contribution in [2.75, 3.05) is 18.9 Å². The van der Waals surface area contributed by atoms with Crippen molar-refractivity contribution < 1.29 is 14.9 Å². The van der Waals surface area contributed by atoms with Crippen molar-refractivity contribution in [1.29, 1.82) is 0 Å². The first-order valence-corrected chi connectivity index (χ1v) is 5.56. The van der Waals surface area contributed by atoms with E-state index in [2.05, 4.69) is 15.0 Å². The molecule has 1 aliphatic rings. The smallest absolute Gasteiger partial charge is 0.165 e. The lowest BCUT2D eigenvalue weighted by molar-refractivity contribution is 0.00206. The molecular formula is C10H13N5O3. The van der Waals surface area contributed by atoms with Crippen molar-refractivity contribution in [1.82, 2.24) is 19.5 Å². The molecule has 3 heterocycles. The third-order valence-corrected chi connectivity index (χ3v) is 3.18. The predicted octanol–water partition coefficient (Wildman–Crippen LogP) is -1.30. The fourth-order valence-electron chi connectivity index (χ4n) is 2.19. The van der Waals surface area contributed by atoms with Gasteiger partial charge in [0.15, 0.2) is 11.5 Å². The number of nitrogens with two attached hydrogens (primary N) is 1. The Hall–Kier alpha value is -1.77. The number of hydrogen-bond acceptors (Lipinski definition) is 7. The molecule has 4 N–H and O–H groups in total. The standard InChI is InChI=1S/C10H13N5O3/c11-9-7-10(13-3-12-9)15(4-14-7)5-2-18-6(1-16)8(5)17/h3-6,8,16-17H,1-2H2,(H2,11,12,13)/t5?,6-,8+/m1/s1. The normalized spacial score (nSPS) is 28.0. The van der Waals surface area contributed by atoms with Crippen LogP contribution in [-0.2, 0) is 4.74 Å². The molecule has 0 aromatic carbocycles. The summed E-state index contributed by atoms with van der Waals surface area (Å²) >= 11 is 0. The Morgan fingerprint density at radius 2 is 2.28 bits per heavy atom. The van der Waals surface area contributed by atoms with Crippen molar-refractivity contribution in [3.63, 3.8) is 0 Å². The highest BCUT2D eigenvalue weighted by Gasteiger charge is 2.37. The SMILES string of the molecule is Nc1ncnc2c1ncn2C1CO[C@H](CO)[C@H]1O. The van der Waals surface area contributed by atoms with Crippen LogP contribution in [-0.4, -0.2) is 55.2 Å². The second-order valence-corrected chi connectivity index (χ2v) is 4.20. The molecule has 3 rings (SSSR count). The number of fused-ring (bicyclic) bond motifs is 1. The van der Waals surface area contributed by atoms with Crippen molar-refractivity contribution in [3.8, 4) is 0 Å². The van der Waals surface area contributed by atoms with E-state index in [0.29, 0.717) is 23.6 Å². The zero-order valence-electron chi connectivity index (χ0n) is 9.47. The molecule has 0 bridgehead atoms. The van der Waals surface area contributed by atoms with E-state index in [1.54, 1.807) is 10.9 Å². The Morgan fingerprint density at radius 1 is 1.44 bits per heavy atom. The van der Waals surface area contributed by atoms with Gasteiger partial charge >= 0.3 is 0 Å². The van der Waals surface area contributed by atoms with Gasteiger partial charge in [-0.25, -0.2) is 15.0 Å². The quantitative estimate of drug-likeness (QED) is 0.607. The predicted molar refractivity (Wildman–Crippen MR) is 61.6 cm³/mol. The Labute approximate surface area is 102 Å². The zero-order chi connectivity index (χ0) is 12.7. The van der Waals surface area contributed by atoms with Gasteiger partial charge in [0.05, 0.1) is 25.6 Å². The van der Waals surface area contributed by atoms with Crippen LogP contribution in [0.1, 0.15) is 6.04 Å². The topological polar surface area (TPSA) is 119 Å². The molecule has 0 saturated carbocycles. The Morgan fingerprint density at radius 3 is 3.00 bits per heavy atom. The first-order valence-electron chi connectivity index (χ1n) is 5.56. The third-order valence-electron chi connectivity index (χ3n) is 3.18. The number of imidazole rings is 1. The number of aromatic nitrogens is 4. The summed E-state index contributed by atoms with van der Waals surface area (Å²) in [6, 6.07) is -0.332. The van der Waals surface area contributed by atoms with Gasteiger partial charge in [0.25, 0.3) is 0 Å². The number of ether oxygens (including phenoxy) is 1. The lowest BCUT2D eigenvalue weighted by Gasteiger charge is -2.17. The molecule has 96 valence electrons. The third kappa shape index (κ3) is 1.54. The van der Waals surface area contributed by atoms with Crippen LogP contribution in [0.25, 0.3) is 11.2 Å². The number of aliphatic hydroxyl groups is 2. The van der Waals surface area contributed by atoms with E-state index in [4.69, 9.17) is 15.6 Å². The first kappa shape index (κ1) is 11.3. The molecule has 8 nitrogen and oxygen atoms in total. The van der Waals surface area contributed by atoms with E-state index >= 15 is 0 Å². The second kappa shape index (κ2) is 4.16. The van der Waals surface area contributed by atoms with Gasteiger partial charge in [-0.05, 0) is 0 Å². The molecule has 0 radical (unpaired) electrons. The molecule has 0 spiro atoms. The molecule has 1 aliphatic heterocycles. The molecule has 3 atom stereocenters. The minimum atomic E-state index is -0.802.